The van der Waals surface area contributed by atoms with Crippen LogP contribution in [0.2, 0.25) is 0 Å². The summed E-state index contributed by atoms with van der Waals surface area (Å²) >= 11 is 0. The van der Waals surface area contributed by atoms with Gasteiger partial charge in [0.2, 0.25) is 0 Å². The average Bonchev–Trinajstić information content (AvgIpc) is 4.04. The Hall–Kier alpha value is -8.34. The first-order valence-corrected chi connectivity index (χ1v) is 21.0. The van der Waals surface area contributed by atoms with Gasteiger partial charge in [-0.25, -0.2) is 0 Å². The first kappa shape index (κ1) is 34.5. The zero-order valence-corrected chi connectivity index (χ0v) is 33.4. The molecule has 0 saturated heterocycles. The van der Waals surface area contributed by atoms with Crippen molar-refractivity contribution in [1.29, 1.82) is 0 Å². The molecule has 0 aliphatic heterocycles. The molecule has 0 aliphatic carbocycles. The average molecular weight is 794 g/mol. The fraction of sp³-hybridized carbons (Fsp3) is 0. The highest BCUT2D eigenvalue weighted by Gasteiger charge is 2.19. The van der Waals surface area contributed by atoms with Crippen LogP contribution in [0.3, 0.4) is 0 Å². The second-order valence-electron chi connectivity index (χ2n) is 16.0. The zero-order chi connectivity index (χ0) is 40.7. The van der Waals surface area contributed by atoms with E-state index in [0.29, 0.717) is 0 Å². The second kappa shape index (κ2) is 13.6. The van der Waals surface area contributed by atoms with Crippen LogP contribution < -0.4 is 4.90 Å². The van der Waals surface area contributed by atoms with Gasteiger partial charge in [-0.3, -0.25) is 0 Å². The Labute approximate surface area is 356 Å². The van der Waals surface area contributed by atoms with Gasteiger partial charge < -0.3 is 18.2 Å². The molecule has 0 fully saturated rings. The van der Waals surface area contributed by atoms with Gasteiger partial charge in [0.05, 0.1) is 0 Å². The van der Waals surface area contributed by atoms with Crippen LogP contribution in [0, 0.1) is 0 Å². The van der Waals surface area contributed by atoms with Gasteiger partial charge in [-0.2, -0.15) is 0 Å². The van der Waals surface area contributed by atoms with Crippen LogP contribution in [-0.2, 0) is 0 Å². The molecule has 0 radical (unpaired) electrons. The van der Waals surface area contributed by atoms with Crippen LogP contribution in [0.25, 0.3) is 110 Å². The molecule has 0 amide bonds. The van der Waals surface area contributed by atoms with Gasteiger partial charge in [0, 0.05) is 60.3 Å². The van der Waals surface area contributed by atoms with Crippen molar-refractivity contribution in [1.82, 2.24) is 0 Å². The highest BCUT2D eigenvalue weighted by molar-refractivity contribution is 6.19. The monoisotopic (exact) mass is 793 g/mol. The van der Waals surface area contributed by atoms with E-state index in [9.17, 15) is 0 Å². The van der Waals surface area contributed by atoms with Crippen LogP contribution in [0.1, 0.15) is 0 Å². The Bertz CT molecular complexity index is 3850. The molecule has 3 heterocycles. The normalized spacial score (nSPS) is 11.9. The third kappa shape index (κ3) is 5.33. The summed E-state index contributed by atoms with van der Waals surface area (Å²) in [6.45, 7) is 0. The molecule has 0 unspecified atom stereocenters. The number of para-hydroxylation sites is 3. The van der Waals surface area contributed by atoms with E-state index in [0.717, 1.165) is 122 Å². The molecule has 3 aromatic heterocycles. The fourth-order valence-corrected chi connectivity index (χ4v) is 9.60. The Morgan fingerprint density at radius 3 is 1.37 bits per heavy atom. The molecule has 13 aromatic rings. The Balaban J connectivity index is 0.924. The van der Waals surface area contributed by atoms with E-state index < -0.39 is 0 Å². The number of anilines is 3. The smallest absolute Gasteiger partial charge is 0.143 e. The molecular weight excluding hydrogens is 759 g/mol. The third-order valence-electron chi connectivity index (χ3n) is 12.5. The van der Waals surface area contributed by atoms with Gasteiger partial charge in [0.25, 0.3) is 0 Å². The largest absolute Gasteiger partial charge is 0.456 e. The van der Waals surface area contributed by atoms with E-state index in [1.165, 1.54) is 5.39 Å². The summed E-state index contributed by atoms with van der Waals surface area (Å²) in [7, 11) is 0. The Morgan fingerprint density at radius 1 is 0.258 bits per heavy atom. The highest BCUT2D eigenvalue weighted by atomic mass is 16.3. The molecular formula is C58H35NO3. The van der Waals surface area contributed by atoms with Crippen LogP contribution in [-0.4, -0.2) is 0 Å². The Kier molecular flexibility index (Phi) is 7.57. The number of nitrogens with zero attached hydrogens (tertiary/aromatic N) is 1. The molecule has 0 atom stereocenters. The van der Waals surface area contributed by atoms with Gasteiger partial charge in [0.1, 0.15) is 33.5 Å². The van der Waals surface area contributed by atoms with E-state index in [1.807, 2.05) is 30.3 Å². The molecule has 10 aromatic carbocycles. The number of fused-ring (bicyclic) bond motifs is 11. The lowest BCUT2D eigenvalue weighted by atomic mass is 9.97. The standard InChI is InChI=1S/C58H35NO3/c1-2-11-45-36(10-1)28-35-50-56-44(15-9-21-54(56)62-58(45)50)38-24-31-41(32-25-38)59(40-29-22-37(23-30-40)43-14-8-20-53-55(43)49-13-4-6-19-52(49)60-53)42-33-26-39(27-34-42)46-16-7-17-48-47-12-3-5-18-51(47)61-57(46)48/h1-35H. The maximum atomic E-state index is 6.55. The Morgan fingerprint density at radius 2 is 0.710 bits per heavy atom. The summed E-state index contributed by atoms with van der Waals surface area (Å²) in [6.07, 6.45) is 0. The second-order valence-corrected chi connectivity index (χ2v) is 16.0. The summed E-state index contributed by atoms with van der Waals surface area (Å²) in [4.78, 5) is 2.33. The van der Waals surface area contributed by atoms with Gasteiger partial charge in [-0.05, 0) is 99.9 Å². The molecule has 4 heteroatoms. The number of hydrogen-bond acceptors (Lipinski definition) is 4. The van der Waals surface area contributed by atoms with Gasteiger partial charge >= 0.3 is 0 Å². The van der Waals surface area contributed by atoms with E-state index in [2.05, 4.69) is 187 Å². The minimum Gasteiger partial charge on any atom is -0.456 e. The number of furan rings is 3. The highest BCUT2D eigenvalue weighted by Crippen LogP contribution is 2.44. The molecule has 0 spiro atoms. The predicted octanol–water partition coefficient (Wildman–Crippen LogP) is 17.0. The van der Waals surface area contributed by atoms with Crippen LogP contribution >= 0.6 is 0 Å². The first-order chi connectivity index (χ1) is 30.7. The SMILES string of the molecule is c1ccc2c(c1)ccc1c2oc2cccc(-c3ccc(N(c4ccc(-c5cccc6c5oc5ccccc56)cc4)c4ccc(-c5cccc6oc7ccccc7c56)cc4)cc3)c21. The van der Waals surface area contributed by atoms with Crippen molar-refractivity contribution in [3.05, 3.63) is 212 Å². The summed E-state index contributed by atoms with van der Waals surface area (Å²) < 4.78 is 19.2. The van der Waals surface area contributed by atoms with Gasteiger partial charge in [0.15, 0.2) is 0 Å². The van der Waals surface area contributed by atoms with Crippen molar-refractivity contribution >= 4 is 93.7 Å². The van der Waals surface area contributed by atoms with Crippen molar-refractivity contribution in [2.24, 2.45) is 0 Å². The van der Waals surface area contributed by atoms with Crippen LogP contribution in [0.4, 0.5) is 17.1 Å². The summed E-state index contributed by atoms with van der Waals surface area (Å²) in [5.74, 6) is 0. The predicted molar refractivity (Wildman–Crippen MR) is 257 cm³/mol. The van der Waals surface area contributed by atoms with Crippen molar-refractivity contribution < 1.29 is 13.3 Å². The number of rotatable bonds is 6. The molecule has 4 nitrogen and oxygen atoms in total. The van der Waals surface area contributed by atoms with Crippen LogP contribution in [0.5, 0.6) is 0 Å². The van der Waals surface area contributed by atoms with Crippen molar-refractivity contribution in [3.8, 4) is 33.4 Å². The van der Waals surface area contributed by atoms with Crippen LogP contribution in [0.15, 0.2) is 226 Å². The fourth-order valence-electron chi connectivity index (χ4n) is 9.60. The van der Waals surface area contributed by atoms with E-state index in [1.54, 1.807) is 0 Å². The number of benzene rings is 10. The first-order valence-electron chi connectivity index (χ1n) is 21.0. The third-order valence-corrected chi connectivity index (χ3v) is 12.5. The van der Waals surface area contributed by atoms with Gasteiger partial charge in [-0.15, -0.1) is 0 Å². The number of hydrogen-bond donors (Lipinski definition) is 0. The zero-order valence-electron chi connectivity index (χ0n) is 33.4. The molecule has 62 heavy (non-hydrogen) atoms. The van der Waals surface area contributed by atoms with E-state index >= 15 is 0 Å². The van der Waals surface area contributed by atoms with E-state index in [-0.39, 0.29) is 0 Å². The van der Waals surface area contributed by atoms with Crippen molar-refractivity contribution in [2.45, 2.75) is 0 Å². The quantitative estimate of drug-likeness (QED) is 0.168. The minimum absolute atomic E-state index is 0.886. The molecule has 0 N–H and O–H groups in total. The molecule has 0 saturated carbocycles. The molecule has 290 valence electrons. The van der Waals surface area contributed by atoms with E-state index in [4.69, 9.17) is 13.3 Å². The maximum Gasteiger partial charge on any atom is 0.143 e. The summed E-state index contributed by atoms with van der Waals surface area (Å²) in [6, 6.07) is 75.0. The molecule has 0 bridgehead atoms. The molecule has 0 aliphatic rings. The van der Waals surface area contributed by atoms with Gasteiger partial charge in [-0.1, -0.05) is 146 Å². The maximum absolute atomic E-state index is 6.55. The minimum atomic E-state index is 0.886. The van der Waals surface area contributed by atoms with Crippen molar-refractivity contribution in [3.63, 3.8) is 0 Å². The van der Waals surface area contributed by atoms with Crippen molar-refractivity contribution in [2.75, 3.05) is 4.90 Å². The summed E-state index contributed by atoms with van der Waals surface area (Å²) in [5.41, 5.74) is 15.2. The lowest BCUT2D eigenvalue weighted by Gasteiger charge is -2.26. The lowest BCUT2D eigenvalue weighted by molar-refractivity contribution is 0.669. The topological polar surface area (TPSA) is 42.7 Å². The lowest BCUT2D eigenvalue weighted by Crippen LogP contribution is -2.09. The summed E-state index contributed by atoms with van der Waals surface area (Å²) in [5, 5.41) is 9.05. The molecule has 13 rings (SSSR count).